The standard InChI is InChI=1S/C22H20BrCl2N5O2/c1-3-29(14-6-7-14)22(32)15-10-13(24)9-12(2)19(15)27-21(31)17-11-18(23)28-30(17)20-16(25)5-4-8-26-20/h4-5,8-11,14H,3,6-7H2,1-2H3,(H,27,31). The SMILES string of the molecule is CCN(C(=O)c1cc(Cl)cc(C)c1NC(=O)c1cc(Br)nn1-c1ncccc1Cl)C1CC1. The van der Waals surface area contributed by atoms with Crippen molar-refractivity contribution in [2.45, 2.75) is 32.7 Å². The number of hydrogen-bond acceptors (Lipinski definition) is 4. The van der Waals surface area contributed by atoms with Crippen LogP contribution in [0.5, 0.6) is 0 Å². The molecule has 0 spiro atoms. The molecule has 3 aromatic rings. The molecule has 2 heterocycles. The van der Waals surface area contributed by atoms with Crippen LogP contribution in [0.15, 0.2) is 41.1 Å². The number of aryl methyl sites for hydroxylation is 1. The van der Waals surface area contributed by atoms with Crippen LogP contribution in [0.1, 0.15) is 46.2 Å². The first-order valence-corrected chi connectivity index (χ1v) is 11.6. The highest BCUT2D eigenvalue weighted by Gasteiger charge is 2.33. The highest BCUT2D eigenvalue weighted by Crippen LogP contribution is 2.32. The first kappa shape index (κ1) is 22.8. The maximum Gasteiger partial charge on any atom is 0.274 e. The lowest BCUT2D eigenvalue weighted by molar-refractivity contribution is 0.0753. The number of nitrogens with one attached hydrogen (secondary N) is 1. The van der Waals surface area contributed by atoms with Gasteiger partial charge >= 0.3 is 0 Å². The largest absolute Gasteiger partial charge is 0.336 e. The zero-order chi connectivity index (χ0) is 23.0. The van der Waals surface area contributed by atoms with Gasteiger partial charge in [-0.2, -0.15) is 5.10 Å². The van der Waals surface area contributed by atoms with Gasteiger partial charge < -0.3 is 10.2 Å². The molecule has 0 saturated heterocycles. The van der Waals surface area contributed by atoms with Crippen molar-refractivity contribution in [1.82, 2.24) is 19.7 Å². The summed E-state index contributed by atoms with van der Waals surface area (Å²) in [6, 6.07) is 8.47. The Morgan fingerprint density at radius 3 is 2.69 bits per heavy atom. The molecule has 1 saturated carbocycles. The van der Waals surface area contributed by atoms with Crippen LogP contribution < -0.4 is 5.32 Å². The van der Waals surface area contributed by atoms with Crippen LogP contribution in [0.25, 0.3) is 5.82 Å². The number of halogens is 3. The van der Waals surface area contributed by atoms with Crippen LogP contribution >= 0.6 is 39.1 Å². The first-order valence-electron chi connectivity index (χ1n) is 10.1. The Bertz CT molecular complexity index is 1210. The molecule has 0 atom stereocenters. The van der Waals surface area contributed by atoms with Crippen molar-refractivity contribution < 1.29 is 9.59 Å². The van der Waals surface area contributed by atoms with E-state index < -0.39 is 5.91 Å². The van der Waals surface area contributed by atoms with Gasteiger partial charge in [0, 0.05) is 29.9 Å². The third-order valence-electron chi connectivity index (χ3n) is 5.21. The zero-order valence-electron chi connectivity index (χ0n) is 17.4. The third kappa shape index (κ3) is 4.53. The Kier molecular flexibility index (Phi) is 6.55. The summed E-state index contributed by atoms with van der Waals surface area (Å²) in [4.78, 5) is 32.7. The fourth-order valence-electron chi connectivity index (χ4n) is 3.57. The normalized spacial score (nSPS) is 13.2. The van der Waals surface area contributed by atoms with Crippen molar-refractivity contribution in [1.29, 1.82) is 0 Å². The van der Waals surface area contributed by atoms with E-state index in [0.29, 0.717) is 43.8 Å². The second-order valence-electron chi connectivity index (χ2n) is 7.49. The maximum atomic E-state index is 13.3. The van der Waals surface area contributed by atoms with Crippen LogP contribution in [-0.4, -0.2) is 44.1 Å². The molecule has 2 aromatic heterocycles. The van der Waals surface area contributed by atoms with E-state index in [9.17, 15) is 9.59 Å². The summed E-state index contributed by atoms with van der Waals surface area (Å²) in [6.07, 6.45) is 3.54. The summed E-state index contributed by atoms with van der Waals surface area (Å²) >= 11 is 15.8. The fraction of sp³-hybridized carbons (Fsp3) is 0.273. The Morgan fingerprint density at radius 2 is 2.03 bits per heavy atom. The van der Waals surface area contributed by atoms with E-state index in [0.717, 1.165) is 12.8 Å². The van der Waals surface area contributed by atoms with E-state index >= 15 is 0 Å². The molecular formula is C22H20BrCl2N5O2. The lowest BCUT2D eigenvalue weighted by atomic mass is 10.1. The van der Waals surface area contributed by atoms with Crippen molar-refractivity contribution in [2.75, 3.05) is 11.9 Å². The molecule has 1 fully saturated rings. The van der Waals surface area contributed by atoms with Gasteiger partial charge in [-0.05, 0) is 72.4 Å². The topological polar surface area (TPSA) is 80.1 Å². The van der Waals surface area contributed by atoms with Gasteiger partial charge in [-0.1, -0.05) is 23.2 Å². The lowest BCUT2D eigenvalue weighted by Gasteiger charge is -2.23. The molecule has 1 aliphatic carbocycles. The molecule has 166 valence electrons. The van der Waals surface area contributed by atoms with Crippen molar-refractivity contribution >= 4 is 56.6 Å². The van der Waals surface area contributed by atoms with Crippen molar-refractivity contribution in [3.63, 3.8) is 0 Å². The minimum absolute atomic E-state index is 0.154. The molecule has 0 unspecified atom stereocenters. The molecular weight excluding hydrogens is 517 g/mol. The molecule has 32 heavy (non-hydrogen) atoms. The second-order valence-corrected chi connectivity index (χ2v) is 9.15. The van der Waals surface area contributed by atoms with Crippen molar-refractivity contribution in [3.8, 4) is 5.82 Å². The van der Waals surface area contributed by atoms with Crippen LogP contribution in [-0.2, 0) is 0 Å². The molecule has 1 aromatic carbocycles. The van der Waals surface area contributed by atoms with Crippen LogP contribution in [0.3, 0.4) is 0 Å². The number of rotatable bonds is 6. The molecule has 0 aliphatic heterocycles. The number of anilines is 1. The molecule has 1 aliphatic rings. The van der Waals surface area contributed by atoms with Gasteiger partial charge in [-0.3, -0.25) is 9.59 Å². The smallest absolute Gasteiger partial charge is 0.274 e. The monoisotopic (exact) mass is 535 g/mol. The number of benzene rings is 1. The van der Waals surface area contributed by atoms with Gasteiger partial charge in [0.25, 0.3) is 11.8 Å². The quantitative estimate of drug-likeness (QED) is 0.449. The molecule has 2 amide bonds. The number of pyridine rings is 1. The highest BCUT2D eigenvalue weighted by atomic mass is 79.9. The number of amides is 2. The number of hydrogen-bond donors (Lipinski definition) is 1. The van der Waals surface area contributed by atoms with E-state index in [1.165, 1.54) is 4.68 Å². The summed E-state index contributed by atoms with van der Waals surface area (Å²) in [7, 11) is 0. The Morgan fingerprint density at radius 1 is 1.28 bits per heavy atom. The number of carbonyl (C=O) groups excluding carboxylic acids is 2. The summed E-state index contributed by atoms with van der Waals surface area (Å²) < 4.78 is 1.80. The van der Waals surface area contributed by atoms with E-state index in [2.05, 4.69) is 31.3 Å². The summed E-state index contributed by atoms with van der Waals surface area (Å²) in [6.45, 7) is 4.33. The number of aromatic nitrogens is 3. The first-order chi connectivity index (χ1) is 15.3. The minimum Gasteiger partial charge on any atom is -0.336 e. The Balaban J connectivity index is 1.72. The lowest BCUT2D eigenvalue weighted by Crippen LogP contribution is -2.33. The highest BCUT2D eigenvalue weighted by molar-refractivity contribution is 9.10. The molecule has 10 heteroatoms. The predicted octanol–water partition coefficient (Wildman–Crippen LogP) is 5.52. The predicted molar refractivity (Wildman–Crippen MR) is 128 cm³/mol. The van der Waals surface area contributed by atoms with Crippen LogP contribution in [0, 0.1) is 6.92 Å². The third-order valence-corrected chi connectivity index (χ3v) is 6.11. The van der Waals surface area contributed by atoms with E-state index in [1.54, 1.807) is 43.5 Å². The van der Waals surface area contributed by atoms with Gasteiger partial charge in [0.15, 0.2) is 5.82 Å². The average molecular weight is 537 g/mol. The molecule has 1 N–H and O–H groups in total. The van der Waals surface area contributed by atoms with Crippen LogP contribution in [0.2, 0.25) is 10.0 Å². The maximum absolute atomic E-state index is 13.3. The number of carbonyl (C=O) groups is 2. The van der Waals surface area contributed by atoms with E-state index in [1.807, 2.05) is 11.8 Å². The average Bonchev–Trinajstić information content (AvgIpc) is 3.51. The summed E-state index contributed by atoms with van der Waals surface area (Å²) in [5.74, 6) is -0.294. The molecule has 7 nitrogen and oxygen atoms in total. The zero-order valence-corrected chi connectivity index (χ0v) is 20.5. The van der Waals surface area contributed by atoms with Gasteiger partial charge in [0.2, 0.25) is 0 Å². The molecule has 4 rings (SSSR count). The fourth-order valence-corrected chi connectivity index (χ4v) is 4.42. The Hall–Kier alpha value is -2.42. The molecule has 0 bridgehead atoms. The van der Waals surface area contributed by atoms with Gasteiger partial charge in [-0.15, -0.1) is 0 Å². The van der Waals surface area contributed by atoms with E-state index in [4.69, 9.17) is 23.2 Å². The summed E-state index contributed by atoms with van der Waals surface area (Å²) in [5.41, 5.74) is 1.67. The summed E-state index contributed by atoms with van der Waals surface area (Å²) in [5, 5.41) is 7.97. The van der Waals surface area contributed by atoms with Crippen molar-refractivity contribution in [3.05, 3.63) is 68.0 Å². The minimum atomic E-state index is -0.459. The number of nitrogens with zero attached hydrogens (tertiary/aromatic N) is 4. The Labute approximate surface area is 203 Å². The van der Waals surface area contributed by atoms with Crippen LogP contribution in [0.4, 0.5) is 5.69 Å². The molecule has 0 radical (unpaired) electrons. The van der Waals surface area contributed by atoms with Crippen molar-refractivity contribution in [2.24, 2.45) is 0 Å². The van der Waals surface area contributed by atoms with Gasteiger partial charge in [-0.25, -0.2) is 9.67 Å². The second kappa shape index (κ2) is 9.21. The van der Waals surface area contributed by atoms with E-state index in [-0.39, 0.29) is 17.6 Å². The van der Waals surface area contributed by atoms with Gasteiger partial charge in [0.1, 0.15) is 10.3 Å². The van der Waals surface area contributed by atoms with Gasteiger partial charge in [0.05, 0.1) is 16.3 Å².